The number of nitrogens with zero attached hydrogens (tertiary/aromatic N) is 4. The predicted octanol–water partition coefficient (Wildman–Crippen LogP) is 14.5. The van der Waals surface area contributed by atoms with E-state index in [1.54, 1.807) is 0 Å². The quantitative estimate of drug-likeness (QED) is 0.145. The van der Waals surface area contributed by atoms with E-state index < -0.39 is 16.1 Å². The number of aromatic nitrogens is 3. The summed E-state index contributed by atoms with van der Waals surface area (Å²) in [7, 11) is -6.67. The minimum absolute atomic E-state index is 0. The average Bonchev–Trinajstić information content (AvgIpc) is 1.39. The van der Waals surface area contributed by atoms with Gasteiger partial charge in [-0.05, 0) is 120 Å². The van der Waals surface area contributed by atoms with Crippen molar-refractivity contribution in [2.24, 2.45) is 0 Å². The second kappa shape index (κ2) is 18.8. The van der Waals surface area contributed by atoms with Gasteiger partial charge in [-0.3, -0.25) is 0 Å². The number of fused-ring (bicyclic) bond motifs is 13. The fourth-order valence-electron chi connectivity index (χ4n) is 15.5. The first-order chi connectivity index (χ1) is 41.7. The molecule has 0 bridgehead atoms. The third kappa shape index (κ3) is 6.66. The van der Waals surface area contributed by atoms with Crippen LogP contribution in [0.5, 0.6) is 0 Å². The summed E-state index contributed by atoms with van der Waals surface area (Å²) in [6, 6.07) is 120. The first-order valence-electron chi connectivity index (χ1n) is 29.2. The van der Waals surface area contributed by atoms with Crippen molar-refractivity contribution in [2.75, 3.05) is 4.90 Å². The van der Waals surface area contributed by atoms with Gasteiger partial charge in [0, 0.05) is 66.4 Å². The van der Waals surface area contributed by atoms with E-state index in [-0.39, 0.29) is 7.43 Å². The molecule has 0 saturated heterocycles. The highest BCUT2D eigenvalue weighted by Crippen LogP contribution is 2.44. The number of para-hydroxylation sites is 8. The fourth-order valence-corrected chi connectivity index (χ4v) is 25.9. The van der Waals surface area contributed by atoms with Crippen molar-refractivity contribution < 1.29 is 0 Å². The zero-order valence-corrected chi connectivity index (χ0v) is 47.8. The predicted molar refractivity (Wildman–Crippen MR) is 365 cm³/mol. The van der Waals surface area contributed by atoms with Gasteiger partial charge >= 0.3 is 0 Å². The Labute approximate surface area is 495 Å². The van der Waals surface area contributed by atoms with Crippen molar-refractivity contribution in [2.45, 2.75) is 7.43 Å². The summed E-state index contributed by atoms with van der Waals surface area (Å²) >= 11 is 0. The molecule has 6 heteroatoms. The summed E-state index contributed by atoms with van der Waals surface area (Å²) in [5, 5.41) is 18.4. The first kappa shape index (κ1) is 49.1. The summed E-state index contributed by atoms with van der Waals surface area (Å²) in [5.74, 6) is 0. The molecule has 2 aliphatic rings. The lowest BCUT2D eigenvalue weighted by atomic mass is 10.1. The van der Waals surface area contributed by atoms with E-state index in [2.05, 4.69) is 334 Å². The van der Waals surface area contributed by atoms with E-state index in [9.17, 15) is 0 Å². The molecule has 18 rings (SSSR count). The SMILES string of the molecule is C.c1ccc([Si]2(c3ccccc3)c3ccc(-n4c5ccccc5c5ccccc54)cc3N3c4ccccc4[Si](c4cccc(-n5c6ccccc6c6ccccc65)c4)(c4cccc(-n5c6ccccc6c6ccccc65)c4)c4cccc2c43)cc1. The molecule has 3 aromatic heterocycles. The van der Waals surface area contributed by atoms with Crippen molar-refractivity contribution >= 4 is 140 Å². The van der Waals surface area contributed by atoms with Crippen LogP contribution in [0.3, 0.4) is 0 Å². The standard InChI is InChI=1S/C78H52N4Si2.CH4/c1-3-26-56(27-4-1)83(57-28-5-2-6-29-57)75-49-48-55(81-70-42-17-11-36-64(70)65-37-12-18-43-71(65)81)52-73(75)82-72-44-19-20-45-74(72)84(77-47-23-46-76(83)78(77)82,58-30-21-24-53(50-58)79-66-38-13-7-32-60(66)61-33-8-14-39-67(61)79)59-31-22-25-54(51-59)80-68-40-15-9-34-62(68)63-35-10-16-41-69(63)80;/h1-52H;1H4. The summed E-state index contributed by atoms with van der Waals surface area (Å²) in [4.78, 5) is 2.71. The Hall–Kier alpha value is -10.5. The molecule has 5 heterocycles. The van der Waals surface area contributed by atoms with Gasteiger partial charge in [-0.2, -0.15) is 0 Å². The van der Waals surface area contributed by atoms with E-state index in [0.717, 1.165) is 17.1 Å². The number of hydrogen-bond donors (Lipinski definition) is 0. The second-order valence-corrected chi connectivity index (χ2v) is 30.2. The molecule has 0 N–H and O–H groups in total. The van der Waals surface area contributed by atoms with Gasteiger partial charge in [-0.25, -0.2) is 0 Å². The van der Waals surface area contributed by atoms with Crippen LogP contribution in [0.1, 0.15) is 7.43 Å². The van der Waals surface area contributed by atoms with Crippen molar-refractivity contribution in [3.05, 3.63) is 315 Å². The Morgan fingerprint density at radius 3 is 0.941 bits per heavy atom. The zero-order valence-electron chi connectivity index (χ0n) is 45.8. The molecule has 0 aliphatic carbocycles. The van der Waals surface area contributed by atoms with Crippen LogP contribution < -0.4 is 46.4 Å². The van der Waals surface area contributed by atoms with Crippen molar-refractivity contribution in [3.8, 4) is 17.1 Å². The van der Waals surface area contributed by atoms with Gasteiger partial charge in [0.05, 0.1) is 33.1 Å². The van der Waals surface area contributed by atoms with Gasteiger partial charge in [-0.15, -0.1) is 0 Å². The van der Waals surface area contributed by atoms with E-state index in [0.29, 0.717) is 0 Å². The van der Waals surface area contributed by atoms with E-state index >= 15 is 0 Å². The molecule has 4 nitrogen and oxygen atoms in total. The third-order valence-electron chi connectivity index (χ3n) is 18.7. The molecule has 0 atom stereocenters. The van der Waals surface area contributed by atoms with Crippen molar-refractivity contribution in [1.82, 2.24) is 13.7 Å². The number of hydrogen-bond acceptors (Lipinski definition) is 1. The molecule has 0 radical (unpaired) electrons. The van der Waals surface area contributed by atoms with Crippen LogP contribution in [0.25, 0.3) is 82.5 Å². The Balaban J connectivity index is 0.00000567. The number of benzene rings is 13. The molecule has 0 saturated carbocycles. The second-order valence-electron chi connectivity index (χ2n) is 22.7. The molecular formula is C79H56N4Si2. The molecule has 0 fully saturated rings. The highest BCUT2D eigenvalue weighted by molar-refractivity contribution is 7.24. The van der Waals surface area contributed by atoms with Gasteiger partial charge in [0.25, 0.3) is 0 Å². The maximum absolute atomic E-state index is 3.47. The lowest BCUT2D eigenvalue weighted by Gasteiger charge is -2.52. The summed E-state index contributed by atoms with van der Waals surface area (Å²) < 4.78 is 7.50. The van der Waals surface area contributed by atoms with Crippen molar-refractivity contribution in [3.63, 3.8) is 0 Å². The van der Waals surface area contributed by atoms with Crippen LogP contribution in [0, 0.1) is 0 Å². The Kier molecular flexibility index (Phi) is 10.8. The summed E-state index contributed by atoms with van der Waals surface area (Å²) in [5.41, 5.74) is 14.4. The Morgan fingerprint density at radius 1 is 0.212 bits per heavy atom. The van der Waals surface area contributed by atoms with E-state index in [1.807, 2.05) is 0 Å². The molecule has 0 spiro atoms. The van der Waals surface area contributed by atoms with Crippen LogP contribution in [-0.2, 0) is 0 Å². The first-order valence-corrected chi connectivity index (χ1v) is 33.2. The maximum atomic E-state index is 2.71. The minimum Gasteiger partial charge on any atom is -0.311 e. The van der Waals surface area contributed by atoms with Gasteiger partial charge in [0.1, 0.15) is 0 Å². The van der Waals surface area contributed by atoms with Crippen molar-refractivity contribution in [1.29, 1.82) is 0 Å². The molecule has 0 unspecified atom stereocenters. The van der Waals surface area contributed by atoms with Gasteiger partial charge in [0.2, 0.25) is 0 Å². The average molecular weight is 1120 g/mol. The lowest BCUT2D eigenvalue weighted by molar-refractivity contribution is 1.17. The molecule has 85 heavy (non-hydrogen) atoms. The van der Waals surface area contributed by atoms with Crippen LogP contribution in [-0.4, -0.2) is 29.8 Å². The third-order valence-corrected chi connectivity index (χ3v) is 28.4. The highest BCUT2D eigenvalue weighted by Gasteiger charge is 2.56. The van der Waals surface area contributed by atoms with Crippen LogP contribution in [0.2, 0.25) is 0 Å². The molecule has 400 valence electrons. The topological polar surface area (TPSA) is 18.0 Å². The Bertz CT molecular complexity index is 5010. The molecule has 2 aliphatic heterocycles. The molecule has 13 aromatic carbocycles. The van der Waals surface area contributed by atoms with Crippen LogP contribution >= 0.6 is 0 Å². The number of anilines is 3. The van der Waals surface area contributed by atoms with E-state index in [4.69, 9.17) is 0 Å². The normalized spacial score (nSPS) is 13.7. The highest BCUT2D eigenvalue weighted by atomic mass is 28.3. The van der Waals surface area contributed by atoms with Crippen LogP contribution in [0.4, 0.5) is 17.1 Å². The van der Waals surface area contributed by atoms with E-state index in [1.165, 1.54) is 124 Å². The number of rotatable bonds is 7. The molecule has 0 amide bonds. The lowest BCUT2D eigenvalue weighted by Crippen LogP contribution is -2.82. The summed E-state index contributed by atoms with van der Waals surface area (Å²) in [6.07, 6.45) is 0. The largest absolute Gasteiger partial charge is 0.311 e. The smallest absolute Gasteiger partial charge is 0.184 e. The van der Waals surface area contributed by atoms with Gasteiger partial charge < -0.3 is 18.6 Å². The monoisotopic (exact) mass is 1120 g/mol. The van der Waals surface area contributed by atoms with Gasteiger partial charge in [0.15, 0.2) is 16.1 Å². The zero-order chi connectivity index (χ0) is 55.1. The Morgan fingerprint density at radius 2 is 0.518 bits per heavy atom. The minimum atomic E-state index is -3.47. The fraction of sp³-hybridized carbons (Fsp3) is 0.0127. The van der Waals surface area contributed by atoms with Crippen LogP contribution in [0.15, 0.2) is 315 Å². The maximum Gasteiger partial charge on any atom is 0.184 e. The summed E-state index contributed by atoms with van der Waals surface area (Å²) in [6.45, 7) is 0. The van der Waals surface area contributed by atoms with Gasteiger partial charge in [-0.1, -0.05) is 244 Å². The molecule has 16 aromatic rings. The molecular weight excluding hydrogens is 1060 g/mol.